The Hall–Kier alpha value is -1.62. The molecule has 4 nitrogen and oxygen atoms in total. The SMILES string of the molecule is Cc1c(F)cccc1NC(=O)NCC(C)CC(C)O. The molecule has 0 spiro atoms. The molecule has 0 heterocycles. The van der Waals surface area contributed by atoms with E-state index >= 15 is 0 Å². The number of benzene rings is 1. The normalized spacial score (nSPS) is 13.7. The lowest BCUT2D eigenvalue weighted by Crippen LogP contribution is -2.33. The van der Waals surface area contributed by atoms with Crippen molar-refractivity contribution in [3.8, 4) is 0 Å². The van der Waals surface area contributed by atoms with Gasteiger partial charge in [-0.15, -0.1) is 0 Å². The van der Waals surface area contributed by atoms with E-state index in [0.29, 0.717) is 24.2 Å². The zero-order chi connectivity index (χ0) is 14.4. The number of hydrogen-bond acceptors (Lipinski definition) is 2. The van der Waals surface area contributed by atoms with E-state index in [1.54, 1.807) is 26.0 Å². The smallest absolute Gasteiger partial charge is 0.319 e. The molecule has 0 aliphatic carbocycles. The Balaban J connectivity index is 2.45. The van der Waals surface area contributed by atoms with Crippen LogP contribution in [0.25, 0.3) is 0 Å². The van der Waals surface area contributed by atoms with Crippen molar-refractivity contribution in [2.24, 2.45) is 5.92 Å². The molecule has 0 saturated carbocycles. The van der Waals surface area contributed by atoms with Crippen molar-refractivity contribution >= 4 is 11.7 Å². The van der Waals surface area contributed by atoms with Crippen molar-refractivity contribution in [1.29, 1.82) is 0 Å². The molecule has 0 aromatic heterocycles. The molecule has 2 unspecified atom stereocenters. The molecule has 0 aliphatic heterocycles. The van der Waals surface area contributed by atoms with Crippen LogP contribution in [-0.4, -0.2) is 23.8 Å². The Labute approximate surface area is 113 Å². The summed E-state index contributed by atoms with van der Waals surface area (Å²) in [4.78, 5) is 11.7. The molecule has 2 amide bonds. The lowest BCUT2D eigenvalue weighted by atomic mass is 10.1. The topological polar surface area (TPSA) is 61.4 Å². The predicted molar refractivity (Wildman–Crippen MR) is 73.6 cm³/mol. The minimum atomic E-state index is -0.384. The first kappa shape index (κ1) is 15.4. The largest absolute Gasteiger partial charge is 0.393 e. The third kappa shape index (κ3) is 5.26. The number of rotatable bonds is 5. The van der Waals surface area contributed by atoms with Crippen LogP contribution >= 0.6 is 0 Å². The number of urea groups is 1. The second-order valence-corrected chi connectivity index (χ2v) is 4.94. The number of carbonyl (C=O) groups is 1. The first-order valence-corrected chi connectivity index (χ1v) is 6.38. The van der Waals surface area contributed by atoms with Gasteiger partial charge in [-0.3, -0.25) is 0 Å². The summed E-state index contributed by atoms with van der Waals surface area (Å²) in [5.74, 6) is -0.167. The highest BCUT2D eigenvalue weighted by atomic mass is 19.1. The Morgan fingerprint density at radius 3 is 2.74 bits per heavy atom. The van der Waals surface area contributed by atoms with Gasteiger partial charge < -0.3 is 15.7 Å². The van der Waals surface area contributed by atoms with Gasteiger partial charge in [-0.1, -0.05) is 13.0 Å². The van der Waals surface area contributed by atoms with Gasteiger partial charge in [0.15, 0.2) is 0 Å². The lowest BCUT2D eigenvalue weighted by molar-refractivity contribution is 0.163. The number of halogens is 1. The van der Waals surface area contributed by atoms with E-state index in [2.05, 4.69) is 10.6 Å². The molecule has 3 N–H and O–H groups in total. The van der Waals surface area contributed by atoms with E-state index in [9.17, 15) is 14.3 Å². The number of anilines is 1. The zero-order valence-electron chi connectivity index (χ0n) is 11.5. The van der Waals surface area contributed by atoms with Gasteiger partial charge in [-0.2, -0.15) is 0 Å². The summed E-state index contributed by atoms with van der Waals surface area (Å²) in [5.41, 5.74) is 0.871. The second-order valence-electron chi connectivity index (χ2n) is 4.94. The minimum absolute atomic E-state index is 0.180. The van der Waals surface area contributed by atoms with Gasteiger partial charge in [-0.05, 0) is 38.3 Å². The third-order valence-electron chi connectivity index (χ3n) is 2.87. The third-order valence-corrected chi connectivity index (χ3v) is 2.87. The summed E-state index contributed by atoms with van der Waals surface area (Å²) in [6.07, 6.45) is 0.240. The molecule has 0 aliphatic rings. The summed E-state index contributed by atoms with van der Waals surface area (Å²) < 4.78 is 13.3. The number of aliphatic hydroxyl groups excluding tert-OH is 1. The molecule has 0 bridgehead atoms. The highest BCUT2D eigenvalue weighted by Crippen LogP contribution is 2.17. The van der Waals surface area contributed by atoms with E-state index in [-0.39, 0.29) is 23.9 Å². The molecule has 1 rings (SSSR count). The Morgan fingerprint density at radius 2 is 2.11 bits per heavy atom. The Kier molecular flexibility index (Phi) is 5.76. The van der Waals surface area contributed by atoms with Crippen LogP contribution in [0.2, 0.25) is 0 Å². The fourth-order valence-electron chi connectivity index (χ4n) is 1.84. The van der Waals surface area contributed by atoms with E-state index in [4.69, 9.17) is 0 Å². The monoisotopic (exact) mass is 268 g/mol. The quantitative estimate of drug-likeness (QED) is 0.769. The van der Waals surface area contributed by atoms with Crippen LogP contribution in [-0.2, 0) is 0 Å². The maximum atomic E-state index is 13.3. The summed E-state index contributed by atoms with van der Waals surface area (Å²) in [6.45, 7) is 5.74. The van der Waals surface area contributed by atoms with Crippen LogP contribution in [0.3, 0.4) is 0 Å². The van der Waals surface area contributed by atoms with Crippen molar-refractivity contribution < 1.29 is 14.3 Å². The van der Waals surface area contributed by atoms with Crippen LogP contribution in [0.15, 0.2) is 18.2 Å². The molecule has 5 heteroatoms. The molecular formula is C14H21FN2O2. The standard InChI is InChI=1S/C14H21FN2O2/c1-9(7-10(2)18)8-16-14(19)17-13-6-4-5-12(15)11(13)3/h4-6,9-10,18H,7-8H2,1-3H3,(H2,16,17,19). The van der Waals surface area contributed by atoms with Crippen molar-refractivity contribution in [1.82, 2.24) is 5.32 Å². The van der Waals surface area contributed by atoms with Crippen LogP contribution in [0, 0.1) is 18.7 Å². The summed E-state index contributed by atoms with van der Waals surface area (Å²) >= 11 is 0. The van der Waals surface area contributed by atoms with Gasteiger partial charge >= 0.3 is 6.03 Å². The molecule has 0 fully saturated rings. The van der Waals surface area contributed by atoms with Crippen LogP contribution in [0.1, 0.15) is 25.8 Å². The van der Waals surface area contributed by atoms with Gasteiger partial charge in [0.05, 0.1) is 6.10 Å². The summed E-state index contributed by atoms with van der Waals surface area (Å²) in [6, 6.07) is 4.18. The fraction of sp³-hybridized carbons (Fsp3) is 0.500. The maximum Gasteiger partial charge on any atom is 0.319 e. The Morgan fingerprint density at radius 1 is 1.42 bits per heavy atom. The van der Waals surface area contributed by atoms with Crippen LogP contribution in [0.4, 0.5) is 14.9 Å². The molecule has 106 valence electrons. The Bertz CT molecular complexity index is 435. The zero-order valence-corrected chi connectivity index (χ0v) is 11.5. The van der Waals surface area contributed by atoms with E-state index in [1.807, 2.05) is 6.92 Å². The van der Waals surface area contributed by atoms with Crippen LogP contribution < -0.4 is 10.6 Å². The molecule has 2 atom stereocenters. The van der Waals surface area contributed by atoms with E-state index in [1.165, 1.54) is 6.07 Å². The molecule has 0 radical (unpaired) electrons. The van der Waals surface area contributed by atoms with E-state index in [0.717, 1.165) is 0 Å². The number of hydrogen-bond donors (Lipinski definition) is 3. The van der Waals surface area contributed by atoms with Crippen molar-refractivity contribution in [3.63, 3.8) is 0 Å². The van der Waals surface area contributed by atoms with Gasteiger partial charge in [0.1, 0.15) is 5.82 Å². The maximum absolute atomic E-state index is 13.3. The van der Waals surface area contributed by atoms with Gasteiger partial charge in [-0.25, -0.2) is 9.18 Å². The lowest BCUT2D eigenvalue weighted by Gasteiger charge is -2.15. The molecular weight excluding hydrogens is 247 g/mol. The first-order chi connectivity index (χ1) is 8.90. The van der Waals surface area contributed by atoms with Gasteiger partial charge in [0, 0.05) is 17.8 Å². The minimum Gasteiger partial charge on any atom is -0.393 e. The van der Waals surface area contributed by atoms with Crippen LogP contribution in [0.5, 0.6) is 0 Å². The fourth-order valence-corrected chi connectivity index (χ4v) is 1.84. The van der Waals surface area contributed by atoms with Crippen molar-refractivity contribution in [2.75, 3.05) is 11.9 Å². The van der Waals surface area contributed by atoms with Gasteiger partial charge in [0.25, 0.3) is 0 Å². The predicted octanol–water partition coefficient (Wildman–Crippen LogP) is 2.66. The summed E-state index contributed by atoms with van der Waals surface area (Å²) in [7, 11) is 0. The average molecular weight is 268 g/mol. The number of aliphatic hydroxyl groups is 1. The molecule has 19 heavy (non-hydrogen) atoms. The molecule has 1 aromatic rings. The second kappa shape index (κ2) is 7.09. The highest BCUT2D eigenvalue weighted by Gasteiger charge is 2.10. The molecule has 1 aromatic carbocycles. The van der Waals surface area contributed by atoms with Gasteiger partial charge in [0.2, 0.25) is 0 Å². The highest BCUT2D eigenvalue weighted by molar-refractivity contribution is 5.90. The van der Waals surface area contributed by atoms with Crippen molar-refractivity contribution in [3.05, 3.63) is 29.6 Å². The average Bonchev–Trinajstić information content (AvgIpc) is 2.32. The number of amides is 2. The molecule has 0 saturated heterocycles. The number of nitrogens with one attached hydrogen (secondary N) is 2. The van der Waals surface area contributed by atoms with E-state index < -0.39 is 0 Å². The number of carbonyl (C=O) groups excluding carboxylic acids is 1. The first-order valence-electron chi connectivity index (χ1n) is 6.38. The van der Waals surface area contributed by atoms with Crippen molar-refractivity contribution in [2.45, 2.75) is 33.3 Å². The summed E-state index contributed by atoms with van der Waals surface area (Å²) in [5, 5.41) is 14.5.